The van der Waals surface area contributed by atoms with Crippen molar-refractivity contribution in [2.45, 2.75) is 12.7 Å². The first-order valence-electron chi connectivity index (χ1n) is 4.25. The number of aromatic nitrogens is 1. The molecule has 0 bridgehead atoms. The molecule has 0 unspecified atom stereocenters. The lowest BCUT2D eigenvalue weighted by Crippen LogP contribution is -2.28. The summed E-state index contributed by atoms with van der Waals surface area (Å²) in [6.45, 7) is -0.918. The molecular formula is C9H10F3N3. The minimum absolute atomic E-state index is 0.106. The Morgan fingerprint density at radius 3 is 2.67 bits per heavy atom. The molecule has 0 aliphatic carbocycles. The Morgan fingerprint density at radius 1 is 1.53 bits per heavy atom. The number of alkyl halides is 3. The highest BCUT2D eigenvalue weighted by molar-refractivity contribution is 5.28. The number of nitrogens with one attached hydrogen (secondary N) is 1. The van der Waals surface area contributed by atoms with E-state index in [0.29, 0.717) is 11.3 Å². The number of rotatable bonds is 3. The van der Waals surface area contributed by atoms with Crippen LogP contribution in [0.15, 0.2) is 12.3 Å². The zero-order valence-corrected chi connectivity index (χ0v) is 8.10. The lowest BCUT2D eigenvalue weighted by Gasteiger charge is -2.06. The SMILES string of the molecule is Cn1cc(CNCC(F)(F)F)cc1C#N. The van der Waals surface area contributed by atoms with Crippen LogP contribution < -0.4 is 5.32 Å². The molecule has 1 aromatic heterocycles. The molecule has 3 nitrogen and oxygen atoms in total. The smallest absolute Gasteiger partial charge is 0.342 e. The van der Waals surface area contributed by atoms with Crippen molar-refractivity contribution in [2.24, 2.45) is 7.05 Å². The second kappa shape index (κ2) is 4.36. The first-order chi connectivity index (χ1) is 6.92. The molecule has 1 rings (SSSR count). The maximum atomic E-state index is 11.8. The van der Waals surface area contributed by atoms with E-state index in [4.69, 9.17) is 5.26 Å². The third-order valence-corrected chi connectivity index (χ3v) is 1.83. The van der Waals surface area contributed by atoms with E-state index < -0.39 is 12.7 Å². The molecule has 0 radical (unpaired) electrons. The van der Waals surface area contributed by atoms with Crippen LogP contribution in [-0.4, -0.2) is 17.3 Å². The topological polar surface area (TPSA) is 40.8 Å². The van der Waals surface area contributed by atoms with Gasteiger partial charge in [0.2, 0.25) is 0 Å². The summed E-state index contributed by atoms with van der Waals surface area (Å²) >= 11 is 0. The number of nitriles is 1. The van der Waals surface area contributed by atoms with Crippen molar-refractivity contribution in [1.82, 2.24) is 9.88 Å². The molecule has 1 N–H and O–H groups in total. The van der Waals surface area contributed by atoms with Gasteiger partial charge >= 0.3 is 6.18 Å². The van der Waals surface area contributed by atoms with Crippen molar-refractivity contribution in [2.75, 3.05) is 6.54 Å². The van der Waals surface area contributed by atoms with Crippen LogP contribution in [0.5, 0.6) is 0 Å². The van der Waals surface area contributed by atoms with E-state index >= 15 is 0 Å². The Labute approximate surface area is 85.1 Å². The van der Waals surface area contributed by atoms with E-state index in [1.165, 1.54) is 0 Å². The minimum atomic E-state index is -4.20. The molecule has 0 aromatic carbocycles. The maximum Gasteiger partial charge on any atom is 0.401 e. The maximum absolute atomic E-state index is 11.8. The number of hydrogen-bond donors (Lipinski definition) is 1. The van der Waals surface area contributed by atoms with Gasteiger partial charge in [0.05, 0.1) is 6.54 Å². The standard InChI is InChI=1S/C9H10F3N3/c1-15-5-7(2-8(15)3-13)4-14-6-9(10,11)12/h2,5,14H,4,6H2,1H3. The van der Waals surface area contributed by atoms with E-state index in [9.17, 15) is 13.2 Å². The van der Waals surface area contributed by atoms with Gasteiger partial charge in [0.25, 0.3) is 0 Å². The van der Waals surface area contributed by atoms with Gasteiger partial charge in [-0.25, -0.2) is 0 Å². The number of nitrogens with zero attached hydrogens (tertiary/aromatic N) is 2. The summed E-state index contributed by atoms with van der Waals surface area (Å²) in [5.74, 6) is 0. The van der Waals surface area contributed by atoms with Crippen LogP contribution in [0.2, 0.25) is 0 Å². The van der Waals surface area contributed by atoms with Gasteiger partial charge in [-0.1, -0.05) is 0 Å². The van der Waals surface area contributed by atoms with Crippen LogP contribution in [-0.2, 0) is 13.6 Å². The number of hydrogen-bond acceptors (Lipinski definition) is 2. The fourth-order valence-corrected chi connectivity index (χ4v) is 1.19. The van der Waals surface area contributed by atoms with E-state index in [2.05, 4.69) is 5.32 Å². The van der Waals surface area contributed by atoms with Gasteiger partial charge in [0.15, 0.2) is 0 Å². The molecule has 0 saturated heterocycles. The molecule has 0 fully saturated rings. The van der Waals surface area contributed by atoms with E-state index in [1.54, 1.807) is 23.9 Å². The molecule has 0 spiro atoms. The van der Waals surface area contributed by atoms with Crippen molar-refractivity contribution < 1.29 is 13.2 Å². The number of halogens is 3. The van der Waals surface area contributed by atoms with Crippen molar-refractivity contribution in [1.29, 1.82) is 5.26 Å². The van der Waals surface area contributed by atoms with Crippen LogP contribution >= 0.6 is 0 Å². The average molecular weight is 217 g/mol. The fraction of sp³-hybridized carbons (Fsp3) is 0.444. The highest BCUT2D eigenvalue weighted by Gasteiger charge is 2.26. The molecule has 0 saturated carbocycles. The van der Waals surface area contributed by atoms with Crippen molar-refractivity contribution in [3.63, 3.8) is 0 Å². The van der Waals surface area contributed by atoms with Crippen LogP contribution in [0.25, 0.3) is 0 Å². The van der Waals surface area contributed by atoms with Gasteiger partial charge in [-0.2, -0.15) is 18.4 Å². The van der Waals surface area contributed by atoms with Crippen molar-refractivity contribution in [3.05, 3.63) is 23.5 Å². The summed E-state index contributed by atoms with van der Waals surface area (Å²) < 4.78 is 36.9. The van der Waals surface area contributed by atoms with E-state index in [-0.39, 0.29) is 6.54 Å². The van der Waals surface area contributed by atoms with Crippen LogP contribution in [0, 0.1) is 11.3 Å². The van der Waals surface area contributed by atoms with E-state index in [1.807, 2.05) is 6.07 Å². The molecule has 0 atom stereocenters. The first kappa shape index (κ1) is 11.6. The monoisotopic (exact) mass is 217 g/mol. The molecule has 6 heteroatoms. The largest absolute Gasteiger partial charge is 0.401 e. The molecule has 15 heavy (non-hydrogen) atoms. The minimum Gasteiger partial charge on any atom is -0.342 e. The van der Waals surface area contributed by atoms with Gasteiger partial charge < -0.3 is 9.88 Å². The number of aryl methyl sites for hydroxylation is 1. The van der Waals surface area contributed by atoms with Crippen LogP contribution in [0.4, 0.5) is 13.2 Å². The van der Waals surface area contributed by atoms with Gasteiger partial charge in [0, 0.05) is 19.8 Å². The van der Waals surface area contributed by atoms with Gasteiger partial charge in [-0.05, 0) is 11.6 Å². The van der Waals surface area contributed by atoms with Gasteiger partial charge in [-0.15, -0.1) is 0 Å². The fourth-order valence-electron chi connectivity index (χ4n) is 1.19. The summed E-state index contributed by atoms with van der Waals surface area (Å²) in [7, 11) is 1.67. The van der Waals surface area contributed by atoms with Crippen LogP contribution in [0.1, 0.15) is 11.3 Å². The third kappa shape index (κ3) is 3.64. The Kier molecular flexibility index (Phi) is 3.37. The molecular weight excluding hydrogens is 207 g/mol. The molecule has 0 aliphatic rings. The Bertz CT molecular complexity index is 373. The second-order valence-corrected chi connectivity index (χ2v) is 3.18. The molecule has 1 aromatic rings. The van der Waals surface area contributed by atoms with Crippen molar-refractivity contribution in [3.8, 4) is 6.07 Å². The summed E-state index contributed by atoms with van der Waals surface area (Å²) in [5, 5.41) is 10.9. The summed E-state index contributed by atoms with van der Waals surface area (Å²) in [4.78, 5) is 0. The predicted molar refractivity (Wildman–Crippen MR) is 47.9 cm³/mol. The Hall–Kier alpha value is -1.48. The lowest BCUT2D eigenvalue weighted by molar-refractivity contribution is -0.125. The zero-order chi connectivity index (χ0) is 11.5. The summed E-state index contributed by atoms with van der Waals surface area (Å²) in [6, 6.07) is 3.49. The average Bonchev–Trinajstić information content (AvgIpc) is 2.44. The summed E-state index contributed by atoms with van der Waals surface area (Å²) in [6.07, 6.45) is -2.57. The Morgan fingerprint density at radius 2 is 2.20 bits per heavy atom. The van der Waals surface area contributed by atoms with Gasteiger partial charge in [-0.3, -0.25) is 0 Å². The molecule has 0 amide bonds. The highest BCUT2D eigenvalue weighted by Crippen LogP contribution is 2.13. The predicted octanol–water partition coefficient (Wildman–Crippen LogP) is 1.55. The van der Waals surface area contributed by atoms with Crippen LogP contribution in [0.3, 0.4) is 0 Å². The normalized spacial score (nSPS) is 11.4. The van der Waals surface area contributed by atoms with Crippen molar-refractivity contribution >= 4 is 0 Å². The lowest BCUT2D eigenvalue weighted by atomic mass is 10.3. The molecule has 0 aliphatic heterocycles. The highest BCUT2D eigenvalue weighted by atomic mass is 19.4. The quantitative estimate of drug-likeness (QED) is 0.834. The zero-order valence-electron chi connectivity index (χ0n) is 8.10. The summed E-state index contributed by atoms with van der Waals surface area (Å²) in [5.41, 5.74) is 1.09. The van der Waals surface area contributed by atoms with E-state index in [0.717, 1.165) is 0 Å². The second-order valence-electron chi connectivity index (χ2n) is 3.18. The molecule has 82 valence electrons. The molecule has 1 heterocycles. The van der Waals surface area contributed by atoms with Gasteiger partial charge in [0.1, 0.15) is 11.8 Å². The first-order valence-corrected chi connectivity index (χ1v) is 4.25. The third-order valence-electron chi connectivity index (χ3n) is 1.83. The Balaban J connectivity index is 2.49.